The van der Waals surface area contributed by atoms with E-state index in [4.69, 9.17) is 5.11 Å². The first-order valence-corrected chi connectivity index (χ1v) is 5.56. The Morgan fingerprint density at radius 3 is 2.82 bits per heavy atom. The van der Waals surface area contributed by atoms with Gasteiger partial charge in [0.1, 0.15) is 6.20 Å². The minimum Gasteiger partial charge on any atom is -0.396 e. The summed E-state index contributed by atoms with van der Waals surface area (Å²) in [5.74, 6) is 0.390. The van der Waals surface area contributed by atoms with Gasteiger partial charge in [0.15, 0.2) is 0 Å². The first-order valence-electron chi connectivity index (χ1n) is 5.56. The van der Waals surface area contributed by atoms with Gasteiger partial charge in [0, 0.05) is 27.2 Å². The quantitative estimate of drug-likeness (QED) is 0.436. The van der Waals surface area contributed by atoms with Gasteiger partial charge in [-0.2, -0.15) is 0 Å². The van der Waals surface area contributed by atoms with Crippen molar-refractivity contribution in [2.75, 3.05) is 25.1 Å². The molecule has 0 saturated carbocycles. The van der Waals surface area contributed by atoms with E-state index in [-0.39, 0.29) is 12.3 Å². The topological polar surface area (TPSA) is 84.4 Å². The Kier molecular flexibility index (Phi) is 4.89. The lowest BCUT2D eigenvalue weighted by Gasteiger charge is -2.15. The number of unbranched alkanes of at least 4 members (excludes halogenated alkanes) is 2. The maximum absolute atomic E-state index is 10.8. The van der Waals surface area contributed by atoms with Gasteiger partial charge in [-0.25, -0.2) is 0 Å². The summed E-state index contributed by atoms with van der Waals surface area (Å²) in [6.45, 7) is 0.880. The molecule has 1 aromatic rings. The molecule has 1 N–H and O–H groups in total. The molecule has 0 atom stereocenters. The fourth-order valence-electron chi connectivity index (χ4n) is 1.61. The molecule has 1 aromatic heterocycles. The van der Waals surface area contributed by atoms with Crippen molar-refractivity contribution in [2.45, 2.75) is 19.3 Å². The van der Waals surface area contributed by atoms with E-state index < -0.39 is 4.92 Å². The molecule has 1 heterocycles. The lowest BCUT2D eigenvalue weighted by atomic mass is 10.2. The van der Waals surface area contributed by atoms with Gasteiger partial charge in [-0.05, 0) is 19.3 Å². The van der Waals surface area contributed by atoms with Crippen LogP contribution in [0.15, 0.2) is 6.20 Å². The lowest BCUT2D eigenvalue weighted by molar-refractivity contribution is -0.384. The average Bonchev–Trinajstić information content (AvgIpc) is 2.66. The van der Waals surface area contributed by atoms with Crippen LogP contribution in [0.4, 0.5) is 11.5 Å². The number of hydrogen-bond acceptors (Lipinski definition) is 5. The number of anilines is 1. The maximum atomic E-state index is 10.8. The highest BCUT2D eigenvalue weighted by Gasteiger charge is 2.21. The molecule has 0 unspecified atom stereocenters. The summed E-state index contributed by atoms with van der Waals surface area (Å²) in [4.78, 5) is 12.2. The van der Waals surface area contributed by atoms with Crippen molar-refractivity contribution in [1.29, 1.82) is 0 Å². The Morgan fingerprint density at radius 2 is 2.24 bits per heavy atom. The van der Waals surface area contributed by atoms with E-state index in [0.717, 1.165) is 19.3 Å². The molecule has 0 saturated heterocycles. The van der Waals surface area contributed by atoms with E-state index in [9.17, 15) is 10.1 Å². The lowest BCUT2D eigenvalue weighted by Crippen LogP contribution is -2.20. The van der Waals surface area contributed by atoms with Gasteiger partial charge >= 0.3 is 5.69 Å². The van der Waals surface area contributed by atoms with Crippen LogP contribution in [0.5, 0.6) is 0 Å². The second-order valence-corrected chi connectivity index (χ2v) is 3.97. The zero-order valence-electron chi connectivity index (χ0n) is 10.2. The molecule has 1 rings (SSSR count). The van der Waals surface area contributed by atoms with E-state index in [0.29, 0.717) is 12.4 Å². The fraction of sp³-hybridized carbons (Fsp3) is 0.700. The smallest absolute Gasteiger partial charge is 0.330 e. The molecule has 0 fully saturated rings. The number of aliphatic hydroxyl groups excluding tert-OH is 1. The van der Waals surface area contributed by atoms with E-state index >= 15 is 0 Å². The predicted molar refractivity (Wildman–Crippen MR) is 64.1 cm³/mol. The Bertz CT molecular complexity index is 378. The Morgan fingerprint density at radius 1 is 1.53 bits per heavy atom. The molecule has 0 amide bonds. The second kappa shape index (κ2) is 6.19. The minimum atomic E-state index is -0.424. The number of aromatic nitrogens is 2. The van der Waals surface area contributed by atoms with E-state index in [1.807, 2.05) is 0 Å². The molecular weight excluding hydrogens is 224 g/mol. The fourth-order valence-corrected chi connectivity index (χ4v) is 1.61. The molecule has 0 aliphatic rings. The van der Waals surface area contributed by atoms with Crippen LogP contribution in [0, 0.1) is 10.1 Å². The Balaban J connectivity index is 2.61. The van der Waals surface area contributed by atoms with E-state index in [1.165, 1.54) is 10.9 Å². The number of nitro groups is 1. The van der Waals surface area contributed by atoms with E-state index in [1.54, 1.807) is 19.0 Å². The SMILES string of the molecule is CN(CCCCCO)c1nn(C)cc1[N+](=O)[O-]. The zero-order valence-corrected chi connectivity index (χ0v) is 10.2. The monoisotopic (exact) mass is 242 g/mol. The van der Waals surface area contributed by atoms with Crippen LogP contribution in [-0.2, 0) is 7.05 Å². The highest BCUT2D eigenvalue weighted by molar-refractivity contribution is 5.56. The van der Waals surface area contributed by atoms with Crippen LogP contribution < -0.4 is 4.90 Å². The van der Waals surface area contributed by atoms with Crippen molar-refractivity contribution >= 4 is 11.5 Å². The molecule has 0 bridgehead atoms. The van der Waals surface area contributed by atoms with Gasteiger partial charge in [0.25, 0.3) is 0 Å². The van der Waals surface area contributed by atoms with Crippen LogP contribution in [0.3, 0.4) is 0 Å². The van der Waals surface area contributed by atoms with Gasteiger partial charge in [0.2, 0.25) is 5.82 Å². The van der Waals surface area contributed by atoms with Crippen LogP contribution in [0.1, 0.15) is 19.3 Å². The van der Waals surface area contributed by atoms with Crippen molar-refractivity contribution in [3.05, 3.63) is 16.3 Å². The van der Waals surface area contributed by atoms with Crippen molar-refractivity contribution < 1.29 is 10.0 Å². The van der Waals surface area contributed by atoms with E-state index in [2.05, 4.69) is 5.10 Å². The summed E-state index contributed by atoms with van der Waals surface area (Å²) < 4.78 is 1.44. The number of nitrogens with zero attached hydrogens (tertiary/aromatic N) is 4. The zero-order chi connectivity index (χ0) is 12.8. The predicted octanol–water partition coefficient (Wildman–Crippen LogP) is 0.927. The summed E-state index contributed by atoms with van der Waals surface area (Å²) in [5.41, 5.74) is 0.0251. The first kappa shape index (κ1) is 13.4. The Hall–Kier alpha value is -1.63. The molecule has 17 heavy (non-hydrogen) atoms. The van der Waals surface area contributed by atoms with Gasteiger partial charge in [-0.15, -0.1) is 5.10 Å². The number of hydrogen-bond donors (Lipinski definition) is 1. The molecule has 7 heteroatoms. The second-order valence-electron chi connectivity index (χ2n) is 3.97. The van der Waals surface area contributed by atoms with Gasteiger partial charge in [-0.3, -0.25) is 14.8 Å². The molecule has 96 valence electrons. The van der Waals surface area contributed by atoms with Crippen molar-refractivity contribution in [3.63, 3.8) is 0 Å². The maximum Gasteiger partial charge on any atom is 0.330 e. The minimum absolute atomic E-state index is 0.0251. The molecule has 0 spiro atoms. The van der Waals surface area contributed by atoms with Gasteiger partial charge < -0.3 is 10.0 Å². The molecule has 0 aliphatic heterocycles. The van der Waals surface area contributed by atoms with Gasteiger partial charge in [-0.1, -0.05) is 0 Å². The number of aryl methyl sites for hydroxylation is 1. The molecular formula is C10H18N4O3. The largest absolute Gasteiger partial charge is 0.396 e. The van der Waals surface area contributed by atoms with Crippen molar-refractivity contribution in [3.8, 4) is 0 Å². The average molecular weight is 242 g/mol. The highest BCUT2D eigenvalue weighted by Crippen LogP contribution is 2.24. The number of rotatable bonds is 7. The van der Waals surface area contributed by atoms with Crippen LogP contribution in [-0.4, -0.2) is 40.0 Å². The third kappa shape index (κ3) is 3.70. The number of aliphatic hydroxyl groups is 1. The standard InChI is InChI=1S/C10H18N4O3/c1-12(6-4-3-5-7-15)10-9(14(16)17)8-13(2)11-10/h8,15H,3-7H2,1-2H3. The third-order valence-corrected chi connectivity index (χ3v) is 2.50. The third-order valence-electron chi connectivity index (χ3n) is 2.50. The summed E-state index contributed by atoms with van der Waals surface area (Å²) in [6.07, 6.45) is 3.95. The summed E-state index contributed by atoms with van der Waals surface area (Å²) >= 11 is 0. The molecule has 0 aliphatic carbocycles. The van der Waals surface area contributed by atoms with Crippen molar-refractivity contribution in [2.24, 2.45) is 7.05 Å². The highest BCUT2D eigenvalue weighted by atomic mass is 16.6. The first-order chi connectivity index (χ1) is 8.06. The van der Waals surface area contributed by atoms with Crippen LogP contribution >= 0.6 is 0 Å². The molecule has 7 nitrogen and oxygen atoms in total. The van der Waals surface area contributed by atoms with Crippen molar-refractivity contribution in [1.82, 2.24) is 9.78 Å². The summed E-state index contributed by atoms with van der Waals surface area (Å²) in [6, 6.07) is 0. The molecule has 0 aromatic carbocycles. The Labute approximate surface area is 99.8 Å². The summed E-state index contributed by atoms with van der Waals surface area (Å²) in [5, 5.41) is 23.5. The van der Waals surface area contributed by atoms with Crippen LogP contribution in [0.2, 0.25) is 0 Å². The van der Waals surface area contributed by atoms with Gasteiger partial charge in [0.05, 0.1) is 4.92 Å². The van der Waals surface area contributed by atoms with Crippen LogP contribution in [0.25, 0.3) is 0 Å². The molecule has 0 radical (unpaired) electrons. The normalized spacial score (nSPS) is 10.5. The summed E-state index contributed by atoms with van der Waals surface area (Å²) in [7, 11) is 3.45.